The van der Waals surface area contributed by atoms with Crippen molar-refractivity contribution in [3.63, 3.8) is 0 Å². The van der Waals surface area contributed by atoms with Crippen molar-refractivity contribution in [3.05, 3.63) is 29.6 Å². The van der Waals surface area contributed by atoms with Gasteiger partial charge in [-0.25, -0.2) is 9.53 Å². The van der Waals surface area contributed by atoms with Gasteiger partial charge >= 0.3 is 0 Å². The minimum atomic E-state index is -3.75. The van der Waals surface area contributed by atoms with Gasteiger partial charge < -0.3 is 10.6 Å². The second-order valence-electron chi connectivity index (χ2n) is 4.48. The first-order valence-corrected chi connectivity index (χ1v) is 7.41. The molecule has 0 saturated carbocycles. The van der Waals surface area contributed by atoms with Gasteiger partial charge in [0.15, 0.2) is 0 Å². The topological polar surface area (TPSA) is 110 Å². The average molecular weight is 302 g/mol. The van der Waals surface area contributed by atoms with Gasteiger partial charge in [0.05, 0.1) is 5.56 Å². The molecule has 1 fully saturated rings. The molecule has 110 valence electrons. The van der Waals surface area contributed by atoms with Crippen molar-refractivity contribution >= 4 is 21.8 Å². The van der Waals surface area contributed by atoms with Crippen LogP contribution in [-0.4, -0.2) is 49.7 Å². The number of piperazine rings is 1. The lowest BCUT2D eigenvalue weighted by Gasteiger charge is -2.33. The third-order valence-corrected chi connectivity index (χ3v) is 4.19. The quantitative estimate of drug-likeness (QED) is 0.709. The fourth-order valence-corrected chi connectivity index (χ4v) is 2.70. The monoisotopic (exact) mass is 302 g/mol. The number of carbonyl (C=O) groups excluding carboxylic acids is 1. The third-order valence-electron chi connectivity index (χ3n) is 3.11. The summed E-state index contributed by atoms with van der Waals surface area (Å²) in [7, 11) is -3.75. The Labute approximate surface area is 116 Å². The minimum Gasteiger partial charge on any atom is -0.399 e. The molecule has 1 heterocycles. The molecule has 4 N–H and O–H groups in total. The first-order valence-electron chi connectivity index (χ1n) is 5.91. The van der Waals surface area contributed by atoms with Gasteiger partial charge in [-0.1, -0.05) is 0 Å². The van der Waals surface area contributed by atoms with Crippen LogP contribution in [0.3, 0.4) is 0 Å². The summed E-state index contributed by atoms with van der Waals surface area (Å²) >= 11 is 0. The zero-order valence-electron chi connectivity index (χ0n) is 10.6. The van der Waals surface area contributed by atoms with E-state index in [1.54, 1.807) is 0 Å². The van der Waals surface area contributed by atoms with E-state index in [9.17, 15) is 17.6 Å². The highest BCUT2D eigenvalue weighted by Gasteiger charge is 2.28. The molecule has 1 aromatic carbocycles. The zero-order chi connectivity index (χ0) is 14.9. The number of rotatable bonds is 2. The lowest BCUT2D eigenvalue weighted by molar-refractivity contribution is 0.0693. The summed E-state index contributed by atoms with van der Waals surface area (Å²) in [5.41, 5.74) is 5.71. The number of hydrogen-bond acceptors (Lipinski definition) is 4. The van der Waals surface area contributed by atoms with Crippen LogP contribution in [0.5, 0.6) is 0 Å². The van der Waals surface area contributed by atoms with Gasteiger partial charge in [0.25, 0.3) is 16.1 Å². The van der Waals surface area contributed by atoms with Crippen molar-refractivity contribution in [2.75, 3.05) is 31.9 Å². The van der Waals surface area contributed by atoms with E-state index < -0.39 is 21.9 Å². The molecular weight excluding hydrogens is 287 g/mol. The average Bonchev–Trinajstić information content (AvgIpc) is 2.40. The van der Waals surface area contributed by atoms with E-state index in [1.807, 2.05) is 0 Å². The molecule has 0 radical (unpaired) electrons. The first kappa shape index (κ1) is 14.7. The highest BCUT2D eigenvalue weighted by molar-refractivity contribution is 7.86. The number of benzene rings is 1. The number of nitrogen functional groups attached to an aromatic ring is 1. The lowest BCUT2D eigenvalue weighted by Crippen LogP contribution is -2.52. The Balaban J connectivity index is 2.11. The van der Waals surface area contributed by atoms with Crippen molar-refractivity contribution < 1.29 is 17.6 Å². The van der Waals surface area contributed by atoms with Gasteiger partial charge in [0.2, 0.25) is 0 Å². The largest absolute Gasteiger partial charge is 0.399 e. The second-order valence-corrected chi connectivity index (χ2v) is 6.02. The van der Waals surface area contributed by atoms with Crippen LogP contribution in [0, 0.1) is 5.82 Å². The van der Waals surface area contributed by atoms with Crippen LogP contribution in [0.25, 0.3) is 0 Å². The predicted molar refractivity (Wildman–Crippen MR) is 71.4 cm³/mol. The maximum atomic E-state index is 13.6. The Morgan fingerprint density at radius 2 is 1.80 bits per heavy atom. The number of nitrogens with two attached hydrogens (primary N) is 2. The lowest BCUT2D eigenvalue weighted by atomic mass is 10.1. The molecule has 0 aromatic heterocycles. The van der Waals surface area contributed by atoms with E-state index in [0.717, 1.165) is 10.4 Å². The summed E-state index contributed by atoms with van der Waals surface area (Å²) in [5.74, 6) is -1.16. The van der Waals surface area contributed by atoms with E-state index in [0.29, 0.717) is 0 Å². The fourth-order valence-electron chi connectivity index (χ4n) is 2.02. The van der Waals surface area contributed by atoms with Crippen molar-refractivity contribution in [1.29, 1.82) is 0 Å². The number of halogens is 1. The summed E-state index contributed by atoms with van der Waals surface area (Å²) < 4.78 is 37.0. The van der Waals surface area contributed by atoms with Crippen molar-refractivity contribution in [2.24, 2.45) is 5.14 Å². The Bertz CT molecular complexity index is 627. The second kappa shape index (κ2) is 5.35. The van der Waals surface area contributed by atoms with Gasteiger partial charge in [-0.05, 0) is 18.2 Å². The molecule has 0 aliphatic carbocycles. The molecule has 9 heteroatoms. The Kier molecular flexibility index (Phi) is 3.93. The minimum absolute atomic E-state index is 0.0918. The van der Waals surface area contributed by atoms with Crippen LogP contribution < -0.4 is 10.9 Å². The summed E-state index contributed by atoms with van der Waals surface area (Å²) in [6.07, 6.45) is 0. The molecule has 0 bridgehead atoms. The molecule has 0 atom stereocenters. The van der Waals surface area contributed by atoms with Gasteiger partial charge in [0.1, 0.15) is 5.82 Å². The Morgan fingerprint density at radius 3 is 2.35 bits per heavy atom. The predicted octanol–water partition coefficient (Wildman–Crippen LogP) is -0.631. The Hall–Kier alpha value is -1.71. The number of amides is 1. The van der Waals surface area contributed by atoms with Crippen molar-refractivity contribution in [2.45, 2.75) is 0 Å². The zero-order valence-corrected chi connectivity index (χ0v) is 11.4. The number of carbonyl (C=O) groups is 1. The van der Waals surface area contributed by atoms with Crippen molar-refractivity contribution in [1.82, 2.24) is 9.21 Å². The number of anilines is 1. The summed E-state index contributed by atoms with van der Waals surface area (Å²) in [6.45, 7) is 0.496. The van der Waals surface area contributed by atoms with Crippen LogP contribution in [0.2, 0.25) is 0 Å². The van der Waals surface area contributed by atoms with Gasteiger partial charge in [-0.3, -0.25) is 4.79 Å². The fraction of sp³-hybridized carbons (Fsp3) is 0.364. The number of nitrogens with zero attached hydrogens (tertiary/aromatic N) is 2. The SMILES string of the molecule is Nc1ccc(F)c(C(=O)N2CCN(S(N)(=O)=O)CC2)c1. The molecule has 0 spiro atoms. The van der Waals surface area contributed by atoms with Crippen LogP contribution in [0.4, 0.5) is 10.1 Å². The van der Waals surface area contributed by atoms with Crippen LogP contribution in [0.15, 0.2) is 18.2 Å². The highest BCUT2D eigenvalue weighted by atomic mass is 32.2. The molecule has 0 unspecified atom stereocenters. The molecular formula is C11H15FN4O3S. The van der Waals surface area contributed by atoms with E-state index in [1.165, 1.54) is 17.0 Å². The smallest absolute Gasteiger partial charge is 0.277 e. The maximum absolute atomic E-state index is 13.6. The Morgan fingerprint density at radius 1 is 1.20 bits per heavy atom. The maximum Gasteiger partial charge on any atom is 0.277 e. The highest BCUT2D eigenvalue weighted by Crippen LogP contribution is 2.16. The van der Waals surface area contributed by atoms with Crippen LogP contribution in [0.1, 0.15) is 10.4 Å². The third kappa shape index (κ3) is 3.06. The van der Waals surface area contributed by atoms with Crippen LogP contribution in [-0.2, 0) is 10.2 Å². The van der Waals surface area contributed by atoms with Crippen LogP contribution >= 0.6 is 0 Å². The molecule has 1 amide bonds. The molecule has 1 aliphatic rings. The molecule has 2 rings (SSSR count). The van der Waals surface area contributed by atoms with E-state index in [2.05, 4.69) is 0 Å². The van der Waals surface area contributed by atoms with E-state index in [4.69, 9.17) is 10.9 Å². The normalized spacial score (nSPS) is 17.2. The molecule has 1 aromatic rings. The summed E-state index contributed by atoms with van der Waals surface area (Å²) in [5, 5.41) is 5.01. The molecule has 20 heavy (non-hydrogen) atoms. The first-order chi connectivity index (χ1) is 9.29. The van der Waals surface area contributed by atoms with E-state index >= 15 is 0 Å². The summed E-state index contributed by atoms with van der Waals surface area (Å²) in [4.78, 5) is 13.5. The number of hydrogen-bond donors (Lipinski definition) is 2. The van der Waals surface area contributed by atoms with Gasteiger partial charge in [-0.15, -0.1) is 0 Å². The standard InChI is InChI=1S/C11H15FN4O3S/c12-10-2-1-8(13)7-9(10)11(17)15-3-5-16(6-4-15)20(14,18)19/h1-2,7H,3-6,13H2,(H2,14,18,19). The molecule has 1 saturated heterocycles. The molecule has 1 aliphatic heterocycles. The van der Waals surface area contributed by atoms with E-state index in [-0.39, 0.29) is 37.4 Å². The summed E-state index contributed by atoms with van der Waals surface area (Å²) in [6, 6.07) is 3.76. The molecule has 7 nitrogen and oxygen atoms in total. The van der Waals surface area contributed by atoms with Gasteiger partial charge in [0, 0.05) is 31.9 Å². The van der Waals surface area contributed by atoms with Crippen molar-refractivity contribution in [3.8, 4) is 0 Å². The van der Waals surface area contributed by atoms with Gasteiger partial charge in [-0.2, -0.15) is 12.7 Å².